The van der Waals surface area contributed by atoms with Gasteiger partial charge in [-0.1, -0.05) is 48.5 Å². The Labute approximate surface area is 218 Å². The first-order valence-electron chi connectivity index (χ1n) is 11.8. The Morgan fingerprint density at radius 3 is 2.16 bits per heavy atom. The first-order valence-corrected chi connectivity index (χ1v) is 13.7. The molecule has 194 valence electrons. The highest BCUT2D eigenvalue weighted by atomic mass is 32.2. The van der Waals surface area contributed by atoms with Crippen molar-refractivity contribution in [2.45, 2.75) is 24.2 Å². The molecule has 9 heteroatoms. The number of sulfone groups is 1. The molecule has 1 heterocycles. The van der Waals surface area contributed by atoms with Crippen molar-refractivity contribution in [1.82, 2.24) is 15.3 Å². The number of nitrogens with one attached hydrogen (secondary N) is 2. The minimum atomic E-state index is -4.41. The van der Waals surface area contributed by atoms with Gasteiger partial charge in [0.05, 0.1) is 21.5 Å². The maximum Gasteiger partial charge on any atom is 0.416 e. The number of hydrogen-bond donors (Lipinski definition) is 2. The molecule has 0 atom stereocenters. The molecule has 0 saturated carbocycles. The van der Waals surface area contributed by atoms with Crippen molar-refractivity contribution in [3.63, 3.8) is 0 Å². The molecule has 5 aromatic rings. The summed E-state index contributed by atoms with van der Waals surface area (Å²) in [4.78, 5) is 7.79. The second-order valence-corrected chi connectivity index (χ2v) is 11.1. The maximum atomic E-state index is 13.1. The highest BCUT2D eigenvalue weighted by molar-refractivity contribution is 7.90. The molecule has 0 spiro atoms. The van der Waals surface area contributed by atoms with Crippen molar-refractivity contribution >= 4 is 20.9 Å². The van der Waals surface area contributed by atoms with Crippen LogP contribution in [0.4, 0.5) is 13.2 Å². The Kier molecular flexibility index (Phi) is 6.81. The summed E-state index contributed by atoms with van der Waals surface area (Å²) in [6.45, 7) is 1.21. The summed E-state index contributed by atoms with van der Waals surface area (Å²) in [5.74, 6) is 0.501. The molecule has 0 radical (unpaired) electrons. The number of halogens is 3. The Morgan fingerprint density at radius 1 is 0.789 bits per heavy atom. The fraction of sp³-hybridized carbons (Fsp3) is 0.138. The Hall–Kier alpha value is -3.95. The van der Waals surface area contributed by atoms with Gasteiger partial charge in [0.15, 0.2) is 9.84 Å². The van der Waals surface area contributed by atoms with Crippen LogP contribution in [0.2, 0.25) is 0 Å². The lowest BCUT2D eigenvalue weighted by molar-refractivity contribution is -0.137. The van der Waals surface area contributed by atoms with Gasteiger partial charge in [0.2, 0.25) is 0 Å². The monoisotopic (exact) mass is 535 g/mol. The summed E-state index contributed by atoms with van der Waals surface area (Å²) in [7, 11) is -3.22. The van der Waals surface area contributed by atoms with Gasteiger partial charge in [-0.05, 0) is 64.7 Å². The van der Waals surface area contributed by atoms with Crippen LogP contribution >= 0.6 is 0 Å². The van der Waals surface area contributed by atoms with Gasteiger partial charge in [-0.25, -0.2) is 13.4 Å². The number of aromatic nitrogens is 2. The van der Waals surface area contributed by atoms with Gasteiger partial charge in [0.1, 0.15) is 5.82 Å². The maximum absolute atomic E-state index is 13.1. The predicted octanol–water partition coefficient (Wildman–Crippen LogP) is 6.61. The van der Waals surface area contributed by atoms with E-state index in [1.165, 1.54) is 12.3 Å². The van der Waals surface area contributed by atoms with Gasteiger partial charge >= 0.3 is 6.18 Å². The predicted molar refractivity (Wildman–Crippen MR) is 142 cm³/mol. The van der Waals surface area contributed by atoms with E-state index < -0.39 is 21.6 Å². The van der Waals surface area contributed by atoms with Gasteiger partial charge in [0, 0.05) is 24.9 Å². The fourth-order valence-corrected chi connectivity index (χ4v) is 4.87. The van der Waals surface area contributed by atoms with Crippen LogP contribution in [-0.4, -0.2) is 24.6 Å². The average molecular weight is 536 g/mol. The molecule has 0 aliphatic rings. The zero-order chi connectivity index (χ0) is 26.9. The van der Waals surface area contributed by atoms with Crippen LogP contribution in [0.1, 0.15) is 16.7 Å². The largest absolute Gasteiger partial charge is 0.416 e. The molecule has 38 heavy (non-hydrogen) atoms. The number of imidazole rings is 1. The lowest BCUT2D eigenvalue weighted by atomic mass is 10.0. The van der Waals surface area contributed by atoms with Crippen LogP contribution in [-0.2, 0) is 29.1 Å². The summed E-state index contributed by atoms with van der Waals surface area (Å²) in [5.41, 5.74) is 4.87. The molecule has 2 N–H and O–H groups in total. The smallest absolute Gasteiger partial charge is 0.338 e. The van der Waals surface area contributed by atoms with E-state index in [-0.39, 0.29) is 0 Å². The van der Waals surface area contributed by atoms with Crippen LogP contribution in [0.15, 0.2) is 95.9 Å². The minimum Gasteiger partial charge on any atom is -0.338 e. The second-order valence-electron chi connectivity index (χ2n) is 9.12. The number of alkyl halides is 3. The van der Waals surface area contributed by atoms with Crippen LogP contribution in [0.3, 0.4) is 0 Å². The molecule has 0 amide bonds. The molecule has 0 saturated heterocycles. The van der Waals surface area contributed by atoms with Crippen molar-refractivity contribution in [2.24, 2.45) is 0 Å². The van der Waals surface area contributed by atoms with Crippen LogP contribution in [0.25, 0.3) is 33.5 Å². The van der Waals surface area contributed by atoms with Crippen molar-refractivity contribution in [3.8, 4) is 22.5 Å². The zero-order valence-corrected chi connectivity index (χ0v) is 21.2. The van der Waals surface area contributed by atoms with E-state index in [1.807, 2.05) is 42.5 Å². The van der Waals surface area contributed by atoms with Crippen molar-refractivity contribution in [3.05, 3.63) is 108 Å². The van der Waals surface area contributed by atoms with Gasteiger partial charge in [-0.15, -0.1) is 0 Å². The van der Waals surface area contributed by atoms with Gasteiger partial charge in [0.25, 0.3) is 0 Å². The van der Waals surface area contributed by atoms with Gasteiger partial charge in [-0.2, -0.15) is 13.2 Å². The van der Waals surface area contributed by atoms with Crippen molar-refractivity contribution in [2.75, 3.05) is 6.26 Å². The third kappa shape index (κ3) is 5.79. The normalized spacial score (nSPS) is 12.2. The summed E-state index contributed by atoms with van der Waals surface area (Å²) >= 11 is 0. The average Bonchev–Trinajstić information content (AvgIpc) is 3.32. The third-order valence-electron chi connectivity index (χ3n) is 6.22. The van der Waals surface area contributed by atoms with E-state index in [4.69, 9.17) is 0 Å². The molecule has 0 fully saturated rings. The molecular formula is C29H24F3N3O2S. The molecule has 1 aromatic heterocycles. The molecular weight excluding hydrogens is 511 g/mol. The fourth-order valence-electron chi connectivity index (χ4n) is 4.24. The van der Waals surface area contributed by atoms with Crippen LogP contribution in [0, 0.1) is 0 Å². The summed E-state index contributed by atoms with van der Waals surface area (Å²) in [5, 5.41) is 3.38. The number of benzene rings is 4. The number of rotatable bonds is 7. The van der Waals surface area contributed by atoms with Gasteiger partial charge in [-0.3, -0.25) is 0 Å². The topological polar surface area (TPSA) is 74.8 Å². The van der Waals surface area contributed by atoms with E-state index in [1.54, 1.807) is 24.3 Å². The number of hydrogen-bond acceptors (Lipinski definition) is 4. The van der Waals surface area contributed by atoms with E-state index in [2.05, 4.69) is 21.4 Å². The summed E-state index contributed by atoms with van der Waals surface area (Å²) in [6.07, 6.45) is -3.23. The Morgan fingerprint density at radius 2 is 1.45 bits per heavy atom. The van der Waals surface area contributed by atoms with E-state index in [0.29, 0.717) is 34.8 Å². The first kappa shape index (κ1) is 25.7. The lowest BCUT2D eigenvalue weighted by Gasteiger charge is -2.09. The molecule has 0 bridgehead atoms. The third-order valence-corrected chi connectivity index (χ3v) is 7.34. The number of aromatic amines is 1. The zero-order valence-electron chi connectivity index (χ0n) is 20.4. The van der Waals surface area contributed by atoms with Crippen LogP contribution < -0.4 is 5.32 Å². The highest BCUT2D eigenvalue weighted by Gasteiger charge is 2.30. The van der Waals surface area contributed by atoms with Gasteiger partial charge < -0.3 is 10.3 Å². The molecule has 5 nitrogen and oxygen atoms in total. The van der Waals surface area contributed by atoms with E-state index in [9.17, 15) is 21.6 Å². The Balaban J connectivity index is 1.30. The first-order chi connectivity index (χ1) is 18.1. The number of nitrogens with zero attached hydrogens (tertiary/aromatic N) is 1. The highest BCUT2D eigenvalue weighted by Crippen LogP contribution is 2.32. The SMILES string of the molecule is CS(=O)(=O)c1ccc(CNCc2cccc(-c3cccc(-c4nc5ccc(C(F)(F)F)cc5[nH]4)c3)c2)cc1. The van der Waals surface area contributed by atoms with Crippen LogP contribution in [0.5, 0.6) is 0 Å². The molecule has 0 aliphatic carbocycles. The van der Waals surface area contributed by atoms with E-state index in [0.717, 1.165) is 39.9 Å². The summed E-state index contributed by atoms with van der Waals surface area (Å²) in [6, 6.07) is 26.1. The van der Waals surface area contributed by atoms with E-state index >= 15 is 0 Å². The van der Waals surface area contributed by atoms with Crippen molar-refractivity contribution < 1.29 is 21.6 Å². The molecule has 4 aromatic carbocycles. The Bertz CT molecular complexity index is 1710. The summed E-state index contributed by atoms with van der Waals surface area (Å²) < 4.78 is 62.5. The van der Waals surface area contributed by atoms with Crippen molar-refractivity contribution in [1.29, 1.82) is 0 Å². The number of fused-ring (bicyclic) bond motifs is 1. The lowest BCUT2D eigenvalue weighted by Crippen LogP contribution is -2.12. The standard InChI is InChI=1S/C29H24F3N3O2S/c1-38(36,37)25-11-8-19(9-12-25)17-33-18-20-4-2-5-21(14-20)22-6-3-7-23(15-22)28-34-26-13-10-24(29(30,31)32)16-27(26)35-28/h2-16,33H,17-18H2,1H3,(H,34,35). The quantitative estimate of drug-likeness (QED) is 0.246. The minimum absolute atomic E-state index is 0.296. The molecule has 0 unspecified atom stereocenters. The second kappa shape index (κ2) is 10.1. The molecule has 0 aliphatic heterocycles. The molecule has 5 rings (SSSR count). The number of H-pyrrole nitrogens is 1.